The average molecular weight is 1480 g/mol. The van der Waals surface area contributed by atoms with Crippen molar-refractivity contribution in [3.8, 4) is 90.1 Å². The smallest absolute Gasteiger partial charge is 1.00 e. The Morgan fingerprint density at radius 1 is 0.388 bits per heavy atom. The van der Waals surface area contributed by atoms with E-state index in [2.05, 4.69) is 116 Å². The molecule has 0 fully saturated rings. The van der Waals surface area contributed by atoms with Gasteiger partial charge in [0, 0.05) is 57.4 Å². The molecule has 0 aliphatic carbocycles. The minimum atomic E-state index is -1.43. The molecule has 0 aliphatic heterocycles. The Morgan fingerprint density at radius 3 is 0.988 bits per heavy atom. The molecule has 2 aromatic heterocycles. The summed E-state index contributed by atoms with van der Waals surface area (Å²) in [7, 11) is -1.43. The Balaban J connectivity index is 0.000000242. The fraction of sp³-hybridized carbons (Fsp3) is 0. The van der Waals surface area contributed by atoms with Crippen LogP contribution < -0.4 is 149 Å². The van der Waals surface area contributed by atoms with Crippen LogP contribution in [0.15, 0.2) is 252 Å². The summed E-state index contributed by atoms with van der Waals surface area (Å²) in [5, 5.41) is 27.6. The largest absolute Gasteiger partial charge is 1.00 e. The summed E-state index contributed by atoms with van der Waals surface area (Å²) >= 11 is 25.4. The van der Waals surface area contributed by atoms with Crippen molar-refractivity contribution in [3.05, 3.63) is 267 Å². The molecule has 11 rings (SSSR count). The zero-order chi connectivity index (χ0) is 54.8. The molecule has 80 heavy (non-hydrogen) atoms. The van der Waals surface area contributed by atoms with Gasteiger partial charge in [0.25, 0.3) is 6.47 Å². The van der Waals surface area contributed by atoms with Gasteiger partial charge in [-0.2, -0.15) is 0 Å². The quantitative estimate of drug-likeness (QED) is 0.0593. The maximum atomic E-state index is 8.65. The molecule has 0 radical (unpaired) electrons. The third-order valence-corrected chi connectivity index (χ3v) is 13.2. The number of hydrogen-bond acceptors (Lipinski definition) is 9. The van der Waals surface area contributed by atoms with Gasteiger partial charge in [0.05, 0.1) is 22.8 Å². The normalized spacial score (nSPS) is 10.1. The van der Waals surface area contributed by atoms with Crippen LogP contribution in [0.1, 0.15) is 1.43 Å². The average Bonchev–Trinajstić information content (AvgIpc) is 3.49. The van der Waals surface area contributed by atoms with E-state index in [9.17, 15) is 0 Å². The van der Waals surface area contributed by atoms with Crippen LogP contribution in [0.3, 0.4) is 0 Å². The van der Waals surface area contributed by atoms with E-state index < -0.39 is 7.12 Å². The third kappa shape index (κ3) is 19.5. The molecular weight excluding hydrogens is 1440 g/mol. The molecular formula is C63H44BBr2Cl3Cs2N4O5. The summed E-state index contributed by atoms with van der Waals surface area (Å²) in [6.45, 7) is -0.181. The fourth-order valence-corrected chi connectivity index (χ4v) is 9.83. The van der Waals surface area contributed by atoms with Crippen LogP contribution >= 0.6 is 66.7 Å². The molecule has 0 saturated carbocycles. The van der Waals surface area contributed by atoms with Crippen molar-refractivity contribution < 1.29 is 164 Å². The summed E-state index contributed by atoms with van der Waals surface area (Å²) in [6, 6.07) is 79.5. The summed E-state index contributed by atoms with van der Waals surface area (Å²) in [5.41, 5.74) is 14.1. The molecule has 17 heteroatoms. The number of carbonyl (C=O) groups is 1. The SMILES string of the molecule is Brc1cc(Br)cc(-c2nc(-c3ccccc3)cc(-c3ccccc3)n2)c1.Clc1cccc(-c2cc(-c3cccc(Cl)c3)cc(-c3nc(-c4ccccc4)cc(-c4ccccc4)n3)c2)c1.O=CO[O-].OB(O)c1cccc(Cl)c1.[Cs+].[Cs+].[H-]. The minimum absolute atomic E-state index is 0. The second kappa shape index (κ2) is 33.7. The van der Waals surface area contributed by atoms with Crippen molar-refractivity contribution in [2.45, 2.75) is 0 Å². The van der Waals surface area contributed by atoms with Gasteiger partial charge >= 0.3 is 145 Å². The van der Waals surface area contributed by atoms with Gasteiger partial charge in [-0.1, -0.05) is 224 Å². The molecule has 9 aromatic carbocycles. The molecule has 2 heterocycles. The van der Waals surface area contributed by atoms with Gasteiger partial charge in [-0.05, 0) is 113 Å². The number of carbonyl (C=O) groups excluding carboxylic acids is 1. The monoisotopic (exact) mass is 1480 g/mol. The second-order valence-corrected chi connectivity index (χ2v) is 20.1. The van der Waals surface area contributed by atoms with E-state index in [1.54, 1.807) is 18.2 Å². The number of halogens is 5. The molecule has 2 N–H and O–H groups in total. The number of nitrogens with zero attached hydrogens (tertiary/aromatic N) is 4. The van der Waals surface area contributed by atoms with Gasteiger partial charge in [0.2, 0.25) is 0 Å². The standard InChI is InChI=1S/C34H22Cl2N2.C22H14Br2N2.C6H6BClO2.CH2O3.2Cs.H/c35-30-15-7-13-25(20-30)27-17-28(26-14-8-16-31(36)21-26)19-29(18-27)34-37-32(23-9-3-1-4-10-23)22-33(38-34)24-11-5-2-6-12-24;23-18-11-17(12-19(24)13-18)22-25-20(15-7-3-1-4-8-15)14-21(26-22)16-9-5-2-6-10-16;8-6-3-1-2-5(4-6)7(9)10;2-1-4-3;;;/h1-22H;1-14H;1-4,9-10H;1,3H;;;/q;;;;2*+1;-1/p-1. The maximum absolute atomic E-state index is 8.65. The molecule has 386 valence electrons. The van der Waals surface area contributed by atoms with E-state index in [4.69, 9.17) is 74.8 Å². The van der Waals surface area contributed by atoms with Gasteiger partial charge in [-0.3, -0.25) is 4.79 Å². The molecule has 0 unspecified atom stereocenters. The Morgan fingerprint density at radius 2 is 0.688 bits per heavy atom. The van der Waals surface area contributed by atoms with Crippen LogP contribution in [0.25, 0.3) is 90.1 Å². The molecule has 0 atom stereocenters. The van der Waals surface area contributed by atoms with E-state index in [0.717, 1.165) is 87.4 Å². The number of benzene rings is 9. The van der Waals surface area contributed by atoms with Crippen LogP contribution in [-0.2, 0) is 9.68 Å². The van der Waals surface area contributed by atoms with E-state index in [1.807, 2.05) is 140 Å². The summed E-state index contributed by atoms with van der Waals surface area (Å²) in [6.07, 6.45) is 0. The summed E-state index contributed by atoms with van der Waals surface area (Å²) < 4.78 is 1.97. The Labute approximate surface area is 615 Å². The van der Waals surface area contributed by atoms with Gasteiger partial charge in [-0.25, -0.2) is 19.9 Å². The first-order valence-corrected chi connectivity index (χ1v) is 26.6. The van der Waals surface area contributed by atoms with Gasteiger partial charge < -0.3 is 21.6 Å². The van der Waals surface area contributed by atoms with Crippen LogP contribution in [0.4, 0.5) is 0 Å². The predicted molar refractivity (Wildman–Crippen MR) is 323 cm³/mol. The second-order valence-electron chi connectivity index (χ2n) is 17.0. The number of aromatic nitrogens is 4. The van der Waals surface area contributed by atoms with Crippen molar-refractivity contribution in [1.82, 2.24) is 19.9 Å². The fourth-order valence-electron chi connectivity index (χ4n) is 7.96. The summed E-state index contributed by atoms with van der Waals surface area (Å²) in [5.74, 6) is 1.35. The molecule has 0 saturated heterocycles. The first-order valence-electron chi connectivity index (χ1n) is 23.9. The van der Waals surface area contributed by atoms with E-state index >= 15 is 0 Å². The van der Waals surface area contributed by atoms with Crippen molar-refractivity contribution >= 4 is 85.7 Å². The summed E-state index contributed by atoms with van der Waals surface area (Å²) in [4.78, 5) is 31.0. The third-order valence-electron chi connectivity index (χ3n) is 11.5. The molecule has 0 amide bonds. The van der Waals surface area contributed by atoms with Crippen molar-refractivity contribution in [1.29, 1.82) is 0 Å². The van der Waals surface area contributed by atoms with Crippen molar-refractivity contribution in [2.75, 3.05) is 0 Å². The Kier molecular flexibility index (Phi) is 27.6. The van der Waals surface area contributed by atoms with Crippen molar-refractivity contribution in [3.63, 3.8) is 0 Å². The first-order chi connectivity index (χ1) is 37.9. The van der Waals surface area contributed by atoms with Crippen LogP contribution in [0.2, 0.25) is 15.1 Å². The van der Waals surface area contributed by atoms with E-state index in [1.165, 1.54) is 6.07 Å². The zero-order valence-electron chi connectivity index (χ0n) is 44.0. The topological polar surface area (TPSA) is 141 Å². The number of rotatable bonds is 10. The van der Waals surface area contributed by atoms with Crippen LogP contribution in [0, 0.1) is 0 Å². The minimum Gasteiger partial charge on any atom is -1.00 e. The van der Waals surface area contributed by atoms with Gasteiger partial charge in [0.15, 0.2) is 11.6 Å². The number of hydrogen-bond donors (Lipinski definition) is 2. The molecule has 11 aromatic rings. The predicted octanol–water partition coefficient (Wildman–Crippen LogP) is 9.70. The zero-order valence-corrected chi connectivity index (χ0v) is 61.0. The molecule has 9 nitrogen and oxygen atoms in total. The Bertz CT molecular complexity index is 3580. The van der Waals surface area contributed by atoms with Crippen LogP contribution in [-0.4, -0.2) is 43.6 Å². The molecule has 0 bridgehead atoms. The van der Waals surface area contributed by atoms with E-state index in [0.29, 0.717) is 32.2 Å². The van der Waals surface area contributed by atoms with Crippen LogP contribution in [0.5, 0.6) is 0 Å². The van der Waals surface area contributed by atoms with Crippen molar-refractivity contribution in [2.24, 2.45) is 0 Å². The molecule has 0 aliphatic rings. The molecule has 0 spiro atoms. The van der Waals surface area contributed by atoms with E-state index in [-0.39, 0.29) is 146 Å². The maximum Gasteiger partial charge on any atom is 1.00 e. The first kappa shape index (κ1) is 65.6. The van der Waals surface area contributed by atoms with Gasteiger partial charge in [-0.15, -0.1) is 0 Å². The van der Waals surface area contributed by atoms with Gasteiger partial charge in [0.1, 0.15) is 0 Å². The Hall–Kier alpha value is -3.51.